The molecule has 98 valence electrons. The summed E-state index contributed by atoms with van der Waals surface area (Å²) < 4.78 is 2.20. The van der Waals surface area contributed by atoms with Crippen LogP contribution in [0, 0.1) is 6.92 Å². The lowest BCUT2D eigenvalue weighted by atomic mass is 10.2. The number of thiazole rings is 1. The number of nitrogens with zero attached hydrogens (tertiary/aromatic N) is 3. The monoisotopic (exact) mass is 264 g/mol. The molecule has 0 amide bonds. The van der Waals surface area contributed by atoms with Crippen LogP contribution in [0.2, 0.25) is 0 Å². The van der Waals surface area contributed by atoms with Crippen molar-refractivity contribution < 1.29 is 0 Å². The van der Waals surface area contributed by atoms with Gasteiger partial charge in [0.2, 0.25) is 0 Å². The Kier molecular flexibility index (Phi) is 3.37. The molecule has 3 rings (SSSR count). The van der Waals surface area contributed by atoms with Gasteiger partial charge in [0.05, 0.1) is 11.4 Å². The van der Waals surface area contributed by atoms with Crippen molar-refractivity contribution in [3.8, 4) is 0 Å². The Morgan fingerprint density at radius 3 is 3.22 bits per heavy atom. The van der Waals surface area contributed by atoms with Crippen molar-refractivity contribution in [1.29, 1.82) is 0 Å². The van der Waals surface area contributed by atoms with Crippen LogP contribution < -0.4 is 5.32 Å². The van der Waals surface area contributed by atoms with E-state index in [1.54, 1.807) is 11.3 Å². The van der Waals surface area contributed by atoms with E-state index in [2.05, 4.69) is 45.1 Å². The summed E-state index contributed by atoms with van der Waals surface area (Å²) in [6, 6.07) is 0.705. The molecule has 0 aromatic carbocycles. The Labute approximate surface area is 112 Å². The van der Waals surface area contributed by atoms with Crippen molar-refractivity contribution in [1.82, 2.24) is 19.6 Å². The lowest BCUT2D eigenvalue weighted by Gasteiger charge is -2.19. The fourth-order valence-corrected chi connectivity index (χ4v) is 3.53. The van der Waals surface area contributed by atoms with Gasteiger partial charge in [-0.05, 0) is 33.4 Å². The first-order chi connectivity index (χ1) is 8.75. The maximum absolute atomic E-state index is 4.57. The lowest BCUT2D eigenvalue weighted by molar-refractivity contribution is 0.300. The second-order valence-electron chi connectivity index (χ2n) is 5.11. The fraction of sp³-hybridized carbons (Fsp3) is 0.615. The summed E-state index contributed by atoms with van der Waals surface area (Å²) in [5.74, 6) is 0. The van der Waals surface area contributed by atoms with Crippen LogP contribution in [0.15, 0.2) is 11.6 Å². The third-order valence-corrected chi connectivity index (χ3v) is 4.66. The van der Waals surface area contributed by atoms with Gasteiger partial charge in [0.15, 0.2) is 4.96 Å². The molecule has 1 aliphatic rings. The second-order valence-corrected chi connectivity index (χ2v) is 5.98. The number of likely N-dealkylation sites (N-methyl/N-ethyl adjacent to an activating group) is 1. The number of likely N-dealkylation sites (tertiary alicyclic amines) is 1. The van der Waals surface area contributed by atoms with E-state index < -0.39 is 0 Å². The van der Waals surface area contributed by atoms with Gasteiger partial charge in [-0.1, -0.05) is 0 Å². The van der Waals surface area contributed by atoms with Crippen LogP contribution in [0.3, 0.4) is 0 Å². The van der Waals surface area contributed by atoms with Crippen LogP contribution in [0.5, 0.6) is 0 Å². The number of hydrogen-bond donors (Lipinski definition) is 1. The molecule has 1 N–H and O–H groups in total. The molecule has 1 unspecified atom stereocenters. The minimum absolute atomic E-state index is 0.705. The topological polar surface area (TPSA) is 32.6 Å². The summed E-state index contributed by atoms with van der Waals surface area (Å²) in [5, 5.41) is 5.68. The van der Waals surface area contributed by atoms with Crippen molar-refractivity contribution in [3.05, 3.63) is 23.0 Å². The average Bonchev–Trinajstić information content (AvgIpc) is 2.99. The molecule has 1 saturated heterocycles. The summed E-state index contributed by atoms with van der Waals surface area (Å²) in [5.41, 5.74) is 2.45. The van der Waals surface area contributed by atoms with E-state index in [0.717, 1.165) is 23.7 Å². The Morgan fingerprint density at radius 1 is 1.56 bits per heavy atom. The molecular formula is C13H20N4S. The zero-order chi connectivity index (χ0) is 12.5. The van der Waals surface area contributed by atoms with Gasteiger partial charge in [-0.2, -0.15) is 0 Å². The molecule has 4 nitrogen and oxygen atoms in total. The first-order valence-corrected chi connectivity index (χ1v) is 7.45. The van der Waals surface area contributed by atoms with Gasteiger partial charge in [0, 0.05) is 30.7 Å². The smallest absolute Gasteiger partial charge is 0.194 e. The van der Waals surface area contributed by atoms with Gasteiger partial charge >= 0.3 is 0 Å². The quantitative estimate of drug-likeness (QED) is 0.915. The molecule has 18 heavy (non-hydrogen) atoms. The van der Waals surface area contributed by atoms with Crippen LogP contribution >= 0.6 is 11.3 Å². The molecule has 1 fully saturated rings. The van der Waals surface area contributed by atoms with Gasteiger partial charge in [0.25, 0.3) is 0 Å². The minimum atomic E-state index is 0.705. The molecule has 0 bridgehead atoms. The molecule has 1 atom stereocenters. The standard InChI is InChI=1S/C13H20N4S/c1-10-12(17-6-7-18-13(17)15-10)9-14-8-11-4-3-5-16(11)2/h6-7,11,14H,3-5,8-9H2,1-2H3. The molecule has 5 heteroatoms. The molecule has 0 spiro atoms. The van der Waals surface area contributed by atoms with Gasteiger partial charge in [-0.3, -0.25) is 4.40 Å². The van der Waals surface area contributed by atoms with Crippen molar-refractivity contribution in [3.63, 3.8) is 0 Å². The van der Waals surface area contributed by atoms with Crippen LogP contribution in [0.25, 0.3) is 4.96 Å². The van der Waals surface area contributed by atoms with E-state index in [1.807, 2.05) is 0 Å². The summed E-state index contributed by atoms with van der Waals surface area (Å²) in [4.78, 5) is 8.12. The molecule has 1 aliphatic heterocycles. The van der Waals surface area contributed by atoms with Crippen molar-refractivity contribution >= 4 is 16.3 Å². The fourth-order valence-electron chi connectivity index (χ4n) is 2.75. The van der Waals surface area contributed by atoms with Gasteiger partial charge in [-0.15, -0.1) is 11.3 Å². The van der Waals surface area contributed by atoms with Crippen molar-refractivity contribution in [2.75, 3.05) is 20.1 Å². The van der Waals surface area contributed by atoms with Crippen molar-refractivity contribution in [2.24, 2.45) is 0 Å². The highest BCUT2D eigenvalue weighted by atomic mass is 32.1. The molecule has 0 radical (unpaired) electrons. The van der Waals surface area contributed by atoms with Crippen LogP contribution in [0.1, 0.15) is 24.2 Å². The molecular weight excluding hydrogens is 244 g/mol. The predicted octanol–water partition coefficient (Wildman–Crippen LogP) is 1.89. The highest BCUT2D eigenvalue weighted by Gasteiger charge is 2.20. The molecule has 0 aliphatic carbocycles. The Hall–Kier alpha value is -0.910. The van der Waals surface area contributed by atoms with E-state index in [4.69, 9.17) is 0 Å². The zero-order valence-corrected chi connectivity index (χ0v) is 11.8. The number of nitrogens with one attached hydrogen (secondary N) is 1. The normalized spacial score (nSPS) is 21.1. The maximum Gasteiger partial charge on any atom is 0.194 e. The Balaban J connectivity index is 1.62. The van der Waals surface area contributed by atoms with Crippen molar-refractivity contribution in [2.45, 2.75) is 32.4 Å². The molecule has 2 aromatic heterocycles. The molecule has 3 heterocycles. The highest BCUT2D eigenvalue weighted by molar-refractivity contribution is 7.15. The van der Waals surface area contributed by atoms with Gasteiger partial charge in [-0.25, -0.2) is 4.98 Å². The number of aryl methyl sites for hydroxylation is 1. The van der Waals surface area contributed by atoms with Gasteiger partial charge < -0.3 is 10.2 Å². The minimum Gasteiger partial charge on any atom is -0.310 e. The number of rotatable bonds is 4. The second kappa shape index (κ2) is 4.99. The van der Waals surface area contributed by atoms with Gasteiger partial charge in [0.1, 0.15) is 0 Å². The SMILES string of the molecule is Cc1nc2sccn2c1CNCC1CCCN1C. The number of aromatic nitrogens is 2. The van der Waals surface area contributed by atoms with E-state index in [-0.39, 0.29) is 0 Å². The largest absolute Gasteiger partial charge is 0.310 e. The summed E-state index contributed by atoms with van der Waals surface area (Å²) in [6.07, 6.45) is 4.77. The lowest BCUT2D eigenvalue weighted by Crippen LogP contribution is -2.35. The number of imidazole rings is 1. The highest BCUT2D eigenvalue weighted by Crippen LogP contribution is 2.17. The first-order valence-electron chi connectivity index (χ1n) is 6.57. The van der Waals surface area contributed by atoms with E-state index in [9.17, 15) is 0 Å². The Bertz CT molecular complexity index is 530. The number of hydrogen-bond acceptors (Lipinski definition) is 4. The zero-order valence-electron chi connectivity index (χ0n) is 11.0. The summed E-state index contributed by atoms with van der Waals surface area (Å²) >= 11 is 1.70. The summed E-state index contributed by atoms with van der Waals surface area (Å²) in [7, 11) is 2.22. The number of fused-ring (bicyclic) bond motifs is 1. The molecule has 0 saturated carbocycles. The Morgan fingerprint density at radius 2 is 2.44 bits per heavy atom. The van der Waals surface area contributed by atoms with E-state index in [0.29, 0.717) is 6.04 Å². The van der Waals surface area contributed by atoms with Crippen LogP contribution in [-0.4, -0.2) is 40.5 Å². The maximum atomic E-state index is 4.57. The van der Waals surface area contributed by atoms with E-state index in [1.165, 1.54) is 25.1 Å². The first kappa shape index (κ1) is 12.1. The summed E-state index contributed by atoms with van der Waals surface area (Å²) in [6.45, 7) is 5.33. The van der Waals surface area contributed by atoms with Crippen LogP contribution in [-0.2, 0) is 6.54 Å². The van der Waals surface area contributed by atoms with E-state index >= 15 is 0 Å². The average molecular weight is 264 g/mol. The third kappa shape index (κ3) is 2.18. The molecule has 2 aromatic rings. The predicted molar refractivity (Wildman–Crippen MR) is 75.2 cm³/mol. The van der Waals surface area contributed by atoms with Crippen LogP contribution in [0.4, 0.5) is 0 Å². The third-order valence-electron chi connectivity index (χ3n) is 3.91.